The largest absolute Gasteiger partial charge is 0.349 e. The van der Waals surface area contributed by atoms with Gasteiger partial charge in [0.25, 0.3) is 0 Å². The fraction of sp³-hybridized carbons (Fsp3) is 1.00. The first-order valence-corrected chi connectivity index (χ1v) is 7.94. The van der Waals surface area contributed by atoms with Gasteiger partial charge in [-0.15, -0.1) is 0 Å². The van der Waals surface area contributed by atoms with Crippen LogP contribution in [0.4, 0.5) is 0 Å². The van der Waals surface area contributed by atoms with Crippen molar-refractivity contribution in [1.29, 1.82) is 0 Å². The summed E-state index contributed by atoms with van der Waals surface area (Å²) in [6.07, 6.45) is 8.19. The summed E-state index contributed by atoms with van der Waals surface area (Å²) < 4.78 is 12.0. The molecule has 2 saturated heterocycles. The van der Waals surface area contributed by atoms with E-state index in [0.717, 1.165) is 13.2 Å². The van der Waals surface area contributed by atoms with Crippen molar-refractivity contribution in [2.75, 3.05) is 26.2 Å². The van der Waals surface area contributed by atoms with Crippen molar-refractivity contribution in [3.05, 3.63) is 0 Å². The molecular formula is C15H30NO2+. The third kappa shape index (κ3) is 3.94. The lowest BCUT2D eigenvalue weighted by molar-refractivity contribution is -0.890. The molecule has 0 spiro atoms. The number of likely N-dealkylation sites (tertiary alicyclic amines) is 1. The molecule has 0 aromatic rings. The van der Waals surface area contributed by atoms with Gasteiger partial charge in [-0.2, -0.15) is 0 Å². The van der Waals surface area contributed by atoms with Crippen molar-refractivity contribution in [2.24, 2.45) is 5.92 Å². The van der Waals surface area contributed by atoms with E-state index in [2.05, 4.69) is 13.8 Å². The minimum absolute atomic E-state index is 0.0774. The molecule has 0 aromatic heterocycles. The molecule has 0 unspecified atom stereocenters. The molecule has 0 saturated carbocycles. The molecule has 2 fully saturated rings. The van der Waals surface area contributed by atoms with E-state index in [1.807, 2.05) is 0 Å². The van der Waals surface area contributed by atoms with E-state index in [0.29, 0.717) is 12.0 Å². The minimum atomic E-state index is 0.0774. The predicted octanol–water partition coefficient (Wildman–Crippen LogP) is 1.62. The van der Waals surface area contributed by atoms with Crippen LogP contribution in [0.3, 0.4) is 0 Å². The van der Waals surface area contributed by atoms with E-state index in [4.69, 9.17) is 9.47 Å². The van der Waals surface area contributed by atoms with Crippen molar-refractivity contribution in [1.82, 2.24) is 0 Å². The Hall–Kier alpha value is -0.120. The number of hydrogen-bond donors (Lipinski definition) is 1. The molecule has 0 bridgehead atoms. The first-order valence-electron chi connectivity index (χ1n) is 7.94. The second-order valence-corrected chi connectivity index (χ2v) is 5.93. The Balaban J connectivity index is 1.72. The summed E-state index contributed by atoms with van der Waals surface area (Å²) in [7, 11) is 0. The van der Waals surface area contributed by atoms with Gasteiger partial charge in [-0.25, -0.2) is 0 Å². The summed E-state index contributed by atoms with van der Waals surface area (Å²) in [5.74, 6) is 0.600. The first-order chi connectivity index (χ1) is 8.83. The minimum Gasteiger partial charge on any atom is -0.349 e. The van der Waals surface area contributed by atoms with E-state index in [1.165, 1.54) is 51.6 Å². The SMILES string of the molecule is CCCC[C@H](CC)[C@H]1OC[C@H](C[NH+]2CCCC2)O1. The molecule has 3 nitrogen and oxygen atoms in total. The van der Waals surface area contributed by atoms with Gasteiger partial charge < -0.3 is 14.4 Å². The van der Waals surface area contributed by atoms with Gasteiger partial charge in [0.2, 0.25) is 0 Å². The first kappa shape index (κ1) is 14.3. The molecule has 3 heteroatoms. The maximum absolute atomic E-state index is 6.13. The Morgan fingerprint density at radius 3 is 2.67 bits per heavy atom. The Morgan fingerprint density at radius 1 is 1.22 bits per heavy atom. The van der Waals surface area contributed by atoms with Gasteiger partial charge in [-0.3, -0.25) is 0 Å². The number of nitrogens with one attached hydrogen (secondary N) is 1. The van der Waals surface area contributed by atoms with E-state index in [-0.39, 0.29) is 6.29 Å². The fourth-order valence-electron chi connectivity index (χ4n) is 3.22. The number of ether oxygens (including phenoxy) is 2. The number of quaternary nitrogens is 1. The van der Waals surface area contributed by atoms with Crippen LogP contribution in [0.5, 0.6) is 0 Å². The molecule has 2 heterocycles. The maximum Gasteiger partial charge on any atom is 0.161 e. The van der Waals surface area contributed by atoms with Crippen LogP contribution in [0.2, 0.25) is 0 Å². The lowest BCUT2D eigenvalue weighted by Crippen LogP contribution is -3.11. The van der Waals surface area contributed by atoms with Crippen LogP contribution in [-0.2, 0) is 9.47 Å². The number of hydrogen-bond acceptors (Lipinski definition) is 2. The highest BCUT2D eigenvalue weighted by atomic mass is 16.7. The lowest BCUT2D eigenvalue weighted by Gasteiger charge is -2.21. The predicted molar refractivity (Wildman–Crippen MR) is 72.7 cm³/mol. The van der Waals surface area contributed by atoms with Gasteiger partial charge in [0.15, 0.2) is 6.29 Å². The third-order valence-corrected chi connectivity index (χ3v) is 4.44. The standard InChI is InChI=1S/C15H29NO2/c1-3-5-8-13(4-2)15-17-12-14(18-15)11-16-9-6-7-10-16/h13-15H,3-12H2,1-2H3/p+1/t13-,14-,15-/m0/s1. The molecule has 0 aliphatic carbocycles. The Labute approximate surface area is 112 Å². The zero-order valence-electron chi connectivity index (χ0n) is 12.1. The molecule has 3 atom stereocenters. The van der Waals surface area contributed by atoms with Crippen LogP contribution in [0.25, 0.3) is 0 Å². The second kappa shape index (κ2) is 7.46. The topological polar surface area (TPSA) is 22.9 Å². The second-order valence-electron chi connectivity index (χ2n) is 5.93. The quantitative estimate of drug-likeness (QED) is 0.748. The highest BCUT2D eigenvalue weighted by Gasteiger charge is 2.34. The van der Waals surface area contributed by atoms with E-state index in [1.54, 1.807) is 4.90 Å². The average Bonchev–Trinajstić information content (AvgIpc) is 3.03. The number of rotatable bonds is 7. The van der Waals surface area contributed by atoms with Gasteiger partial charge in [-0.1, -0.05) is 26.7 Å². The third-order valence-electron chi connectivity index (χ3n) is 4.44. The fourth-order valence-corrected chi connectivity index (χ4v) is 3.22. The summed E-state index contributed by atoms with van der Waals surface area (Å²) >= 11 is 0. The van der Waals surface area contributed by atoms with Crippen LogP contribution in [-0.4, -0.2) is 38.6 Å². The normalized spacial score (nSPS) is 31.0. The molecular weight excluding hydrogens is 226 g/mol. The molecule has 2 aliphatic heterocycles. The van der Waals surface area contributed by atoms with Crippen molar-refractivity contribution in [2.45, 2.75) is 64.8 Å². The van der Waals surface area contributed by atoms with E-state index in [9.17, 15) is 0 Å². The summed E-state index contributed by atoms with van der Waals surface area (Å²) in [6, 6.07) is 0. The van der Waals surface area contributed by atoms with Gasteiger partial charge >= 0.3 is 0 Å². The van der Waals surface area contributed by atoms with Crippen molar-refractivity contribution < 1.29 is 14.4 Å². The molecule has 106 valence electrons. The van der Waals surface area contributed by atoms with Crippen molar-refractivity contribution in [3.8, 4) is 0 Å². The van der Waals surface area contributed by atoms with Crippen LogP contribution >= 0.6 is 0 Å². The van der Waals surface area contributed by atoms with Gasteiger partial charge in [0, 0.05) is 18.8 Å². The van der Waals surface area contributed by atoms with Crippen LogP contribution in [0.1, 0.15) is 52.4 Å². The monoisotopic (exact) mass is 256 g/mol. The molecule has 2 rings (SSSR count). The van der Waals surface area contributed by atoms with Gasteiger partial charge in [0.05, 0.1) is 19.7 Å². The Morgan fingerprint density at radius 2 is 2.00 bits per heavy atom. The highest BCUT2D eigenvalue weighted by Crippen LogP contribution is 2.25. The zero-order valence-corrected chi connectivity index (χ0v) is 12.1. The molecule has 0 aromatic carbocycles. The van der Waals surface area contributed by atoms with E-state index < -0.39 is 0 Å². The summed E-state index contributed by atoms with van der Waals surface area (Å²) in [5, 5.41) is 0. The maximum atomic E-state index is 6.13. The summed E-state index contributed by atoms with van der Waals surface area (Å²) in [4.78, 5) is 1.71. The van der Waals surface area contributed by atoms with E-state index >= 15 is 0 Å². The summed E-state index contributed by atoms with van der Waals surface area (Å²) in [6.45, 7) is 9.14. The molecule has 0 amide bonds. The van der Waals surface area contributed by atoms with Crippen LogP contribution in [0, 0.1) is 5.92 Å². The van der Waals surface area contributed by atoms with Crippen molar-refractivity contribution >= 4 is 0 Å². The van der Waals surface area contributed by atoms with Gasteiger partial charge in [0.1, 0.15) is 12.6 Å². The molecule has 0 radical (unpaired) electrons. The molecule has 1 N–H and O–H groups in total. The molecule has 18 heavy (non-hydrogen) atoms. The average molecular weight is 256 g/mol. The number of unbranched alkanes of at least 4 members (excludes halogenated alkanes) is 1. The smallest absolute Gasteiger partial charge is 0.161 e. The zero-order chi connectivity index (χ0) is 12.8. The molecule has 2 aliphatic rings. The van der Waals surface area contributed by atoms with Crippen molar-refractivity contribution in [3.63, 3.8) is 0 Å². The summed E-state index contributed by atoms with van der Waals surface area (Å²) in [5.41, 5.74) is 0. The lowest BCUT2D eigenvalue weighted by atomic mass is 9.99. The Kier molecular flexibility index (Phi) is 5.93. The Bertz CT molecular complexity index is 229. The highest BCUT2D eigenvalue weighted by molar-refractivity contribution is 4.71. The van der Waals surface area contributed by atoms with Crippen LogP contribution in [0.15, 0.2) is 0 Å². The van der Waals surface area contributed by atoms with Gasteiger partial charge in [-0.05, 0) is 12.8 Å². The van der Waals surface area contributed by atoms with Crippen LogP contribution < -0.4 is 4.90 Å².